The summed E-state index contributed by atoms with van der Waals surface area (Å²) in [6, 6.07) is 7.94. The first-order valence-electron chi connectivity index (χ1n) is 8.39. The average Bonchev–Trinajstić information content (AvgIpc) is 2.52. The van der Waals surface area contributed by atoms with Crippen molar-refractivity contribution in [3.63, 3.8) is 0 Å². The van der Waals surface area contributed by atoms with Crippen LogP contribution in [0, 0.1) is 0 Å². The number of aliphatic hydroxyl groups is 1. The summed E-state index contributed by atoms with van der Waals surface area (Å²) in [6.45, 7) is 7.89. The Balaban J connectivity index is 2.21. The van der Waals surface area contributed by atoms with Gasteiger partial charge in [-0.1, -0.05) is 40.0 Å². The van der Waals surface area contributed by atoms with Crippen LogP contribution >= 0.6 is 0 Å². The van der Waals surface area contributed by atoms with Gasteiger partial charge in [0, 0.05) is 12.6 Å². The van der Waals surface area contributed by atoms with E-state index in [1.807, 2.05) is 24.3 Å². The molecule has 0 aromatic heterocycles. The molecule has 1 unspecified atom stereocenters. The molecular formula is C18H31NO3. The minimum atomic E-state index is -0.503. The highest BCUT2D eigenvalue weighted by Crippen LogP contribution is 2.18. The molecule has 1 aromatic carbocycles. The minimum Gasteiger partial charge on any atom is -0.494 e. The van der Waals surface area contributed by atoms with Crippen molar-refractivity contribution in [2.24, 2.45) is 0 Å². The van der Waals surface area contributed by atoms with Crippen LogP contribution in [0.3, 0.4) is 0 Å². The zero-order valence-electron chi connectivity index (χ0n) is 14.2. The van der Waals surface area contributed by atoms with E-state index in [2.05, 4.69) is 26.1 Å². The predicted octanol–water partition coefficient (Wildman–Crippen LogP) is 3.38. The fraction of sp³-hybridized carbons (Fsp3) is 0.667. The molecule has 0 aliphatic rings. The van der Waals surface area contributed by atoms with Gasteiger partial charge in [0.15, 0.2) is 0 Å². The summed E-state index contributed by atoms with van der Waals surface area (Å²) >= 11 is 0. The third-order valence-corrected chi connectivity index (χ3v) is 3.29. The second-order valence-electron chi connectivity index (χ2n) is 5.91. The van der Waals surface area contributed by atoms with Crippen LogP contribution in [-0.2, 0) is 0 Å². The second kappa shape index (κ2) is 11.3. The van der Waals surface area contributed by atoms with E-state index in [4.69, 9.17) is 9.47 Å². The first-order chi connectivity index (χ1) is 10.6. The number of rotatable bonds is 12. The van der Waals surface area contributed by atoms with Crippen molar-refractivity contribution in [1.82, 2.24) is 5.32 Å². The lowest BCUT2D eigenvalue weighted by molar-refractivity contribution is 0.104. The molecule has 0 heterocycles. The first kappa shape index (κ1) is 18.8. The molecule has 0 amide bonds. The van der Waals surface area contributed by atoms with E-state index in [1.165, 1.54) is 19.3 Å². The number of hydrogen-bond acceptors (Lipinski definition) is 4. The van der Waals surface area contributed by atoms with Crippen molar-refractivity contribution in [3.05, 3.63) is 24.3 Å². The summed E-state index contributed by atoms with van der Waals surface area (Å²) in [7, 11) is 0. The van der Waals surface area contributed by atoms with Gasteiger partial charge >= 0.3 is 0 Å². The van der Waals surface area contributed by atoms with Crippen molar-refractivity contribution in [2.75, 3.05) is 19.8 Å². The summed E-state index contributed by atoms with van der Waals surface area (Å²) in [5, 5.41) is 13.0. The molecule has 4 heteroatoms. The van der Waals surface area contributed by atoms with E-state index in [-0.39, 0.29) is 6.61 Å². The smallest absolute Gasteiger partial charge is 0.119 e. The zero-order chi connectivity index (χ0) is 16.2. The monoisotopic (exact) mass is 309 g/mol. The maximum absolute atomic E-state index is 9.79. The van der Waals surface area contributed by atoms with Crippen LogP contribution in [0.15, 0.2) is 24.3 Å². The number of aliphatic hydroxyl groups excluding tert-OH is 1. The van der Waals surface area contributed by atoms with Gasteiger partial charge in [-0.3, -0.25) is 0 Å². The van der Waals surface area contributed by atoms with Crippen LogP contribution in [0.25, 0.3) is 0 Å². The highest BCUT2D eigenvalue weighted by molar-refractivity contribution is 5.31. The molecule has 0 aliphatic carbocycles. The Morgan fingerprint density at radius 1 is 1.00 bits per heavy atom. The van der Waals surface area contributed by atoms with Gasteiger partial charge in [-0.15, -0.1) is 0 Å². The van der Waals surface area contributed by atoms with Gasteiger partial charge in [0.2, 0.25) is 0 Å². The maximum Gasteiger partial charge on any atom is 0.119 e. The van der Waals surface area contributed by atoms with E-state index in [9.17, 15) is 5.11 Å². The molecule has 1 aromatic rings. The average molecular weight is 309 g/mol. The summed E-state index contributed by atoms with van der Waals surface area (Å²) in [4.78, 5) is 0. The summed E-state index contributed by atoms with van der Waals surface area (Å²) < 4.78 is 11.3. The Morgan fingerprint density at radius 3 is 2.23 bits per heavy atom. The Kier molecular flexibility index (Phi) is 9.67. The highest BCUT2D eigenvalue weighted by atomic mass is 16.5. The fourth-order valence-corrected chi connectivity index (χ4v) is 1.97. The lowest BCUT2D eigenvalue weighted by Crippen LogP contribution is -2.35. The molecule has 0 saturated heterocycles. The summed E-state index contributed by atoms with van der Waals surface area (Å²) in [6.07, 6.45) is 4.33. The molecule has 0 radical (unpaired) electrons. The molecule has 0 fully saturated rings. The number of unbranched alkanes of at least 4 members (excludes halogenated alkanes) is 3. The van der Waals surface area contributed by atoms with Crippen LogP contribution in [0.4, 0.5) is 0 Å². The van der Waals surface area contributed by atoms with Crippen LogP contribution in [-0.4, -0.2) is 37.0 Å². The number of nitrogens with one attached hydrogen (secondary N) is 1. The molecule has 126 valence electrons. The van der Waals surface area contributed by atoms with E-state index in [0.717, 1.165) is 24.5 Å². The summed E-state index contributed by atoms with van der Waals surface area (Å²) in [5.41, 5.74) is 0. The molecule has 0 spiro atoms. The van der Waals surface area contributed by atoms with Crippen molar-refractivity contribution in [1.29, 1.82) is 0 Å². The van der Waals surface area contributed by atoms with Gasteiger partial charge in [-0.25, -0.2) is 0 Å². The number of ether oxygens (including phenoxy) is 2. The molecule has 2 N–H and O–H groups in total. The van der Waals surface area contributed by atoms with Crippen molar-refractivity contribution >= 4 is 0 Å². The molecule has 0 saturated carbocycles. The Morgan fingerprint density at radius 2 is 1.64 bits per heavy atom. The van der Waals surface area contributed by atoms with Crippen molar-refractivity contribution in [3.8, 4) is 11.5 Å². The second-order valence-corrected chi connectivity index (χ2v) is 5.91. The Labute approximate surface area is 134 Å². The standard InChI is InChI=1S/C18H31NO3/c1-4-5-6-7-12-21-17-8-10-18(11-9-17)22-14-16(20)13-19-15(2)3/h8-11,15-16,19-20H,4-7,12-14H2,1-3H3. The van der Waals surface area contributed by atoms with Crippen molar-refractivity contribution in [2.45, 2.75) is 58.6 Å². The van der Waals surface area contributed by atoms with E-state index in [1.54, 1.807) is 0 Å². The van der Waals surface area contributed by atoms with Crippen LogP contribution in [0.5, 0.6) is 11.5 Å². The van der Waals surface area contributed by atoms with Gasteiger partial charge in [0.05, 0.1) is 6.61 Å². The molecule has 1 rings (SSSR count). The normalized spacial score (nSPS) is 12.4. The lowest BCUT2D eigenvalue weighted by Gasteiger charge is -2.15. The van der Waals surface area contributed by atoms with E-state index in [0.29, 0.717) is 12.6 Å². The van der Waals surface area contributed by atoms with Gasteiger partial charge < -0.3 is 19.9 Å². The third kappa shape index (κ3) is 8.90. The minimum absolute atomic E-state index is 0.289. The van der Waals surface area contributed by atoms with Gasteiger partial charge in [-0.2, -0.15) is 0 Å². The predicted molar refractivity (Wildman–Crippen MR) is 90.7 cm³/mol. The lowest BCUT2D eigenvalue weighted by atomic mass is 10.2. The topological polar surface area (TPSA) is 50.7 Å². The molecular weight excluding hydrogens is 278 g/mol. The number of benzene rings is 1. The maximum atomic E-state index is 9.79. The molecule has 22 heavy (non-hydrogen) atoms. The summed E-state index contributed by atoms with van der Waals surface area (Å²) in [5.74, 6) is 1.62. The Hall–Kier alpha value is -1.26. The number of hydrogen-bond donors (Lipinski definition) is 2. The molecule has 4 nitrogen and oxygen atoms in total. The largest absolute Gasteiger partial charge is 0.494 e. The highest BCUT2D eigenvalue weighted by Gasteiger charge is 2.06. The SMILES string of the molecule is CCCCCCOc1ccc(OCC(O)CNC(C)C)cc1. The third-order valence-electron chi connectivity index (χ3n) is 3.29. The van der Waals surface area contributed by atoms with Gasteiger partial charge in [0.25, 0.3) is 0 Å². The van der Waals surface area contributed by atoms with Crippen LogP contribution < -0.4 is 14.8 Å². The quantitative estimate of drug-likeness (QED) is 0.581. The van der Waals surface area contributed by atoms with Crippen molar-refractivity contribution < 1.29 is 14.6 Å². The van der Waals surface area contributed by atoms with Gasteiger partial charge in [-0.05, 0) is 30.7 Å². The molecule has 0 bridgehead atoms. The Bertz CT molecular complexity index is 378. The molecule has 0 aliphatic heterocycles. The van der Waals surface area contributed by atoms with Crippen LogP contribution in [0.1, 0.15) is 46.5 Å². The van der Waals surface area contributed by atoms with E-state index < -0.39 is 6.10 Å². The zero-order valence-corrected chi connectivity index (χ0v) is 14.2. The van der Waals surface area contributed by atoms with Gasteiger partial charge in [0.1, 0.15) is 24.2 Å². The van der Waals surface area contributed by atoms with Crippen LogP contribution in [0.2, 0.25) is 0 Å². The first-order valence-corrected chi connectivity index (χ1v) is 8.39. The fourth-order valence-electron chi connectivity index (χ4n) is 1.97. The van der Waals surface area contributed by atoms with E-state index >= 15 is 0 Å². The molecule has 1 atom stereocenters.